The lowest BCUT2D eigenvalue weighted by Gasteiger charge is -2.23. The van der Waals surface area contributed by atoms with E-state index in [9.17, 15) is 13.2 Å². The first-order valence-electron chi connectivity index (χ1n) is 2.43. The van der Waals surface area contributed by atoms with E-state index in [0.717, 1.165) is 0 Å². The highest BCUT2D eigenvalue weighted by Gasteiger charge is 2.51. The molecule has 0 radical (unpaired) electrons. The van der Waals surface area contributed by atoms with Gasteiger partial charge in [0.2, 0.25) is 6.36 Å². The molecular weight excluding hydrogens is 227 g/mol. The van der Waals surface area contributed by atoms with Crippen molar-refractivity contribution in [2.75, 3.05) is 0 Å². The van der Waals surface area contributed by atoms with E-state index >= 15 is 0 Å². The number of halogens is 6. The maximum atomic E-state index is 12.6. The number of hydrogen-bond acceptors (Lipinski definition) is 1. The van der Waals surface area contributed by atoms with Gasteiger partial charge in [-0.05, 0) is 0 Å². The highest BCUT2D eigenvalue weighted by Crippen LogP contribution is 2.44. The molecule has 0 amide bonds. The number of hydrogen-bond donors (Lipinski definition) is 1. The molecule has 1 nitrogen and oxygen atoms in total. The van der Waals surface area contributed by atoms with Crippen LogP contribution in [0, 0.1) is 0 Å². The van der Waals surface area contributed by atoms with Gasteiger partial charge in [0.25, 0.3) is 5.13 Å². The molecule has 0 aromatic rings. The van der Waals surface area contributed by atoms with Gasteiger partial charge in [-0.3, -0.25) is 0 Å². The van der Waals surface area contributed by atoms with E-state index in [1.807, 2.05) is 0 Å². The summed E-state index contributed by atoms with van der Waals surface area (Å²) in [5.41, 5.74) is 0. The molecule has 0 saturated carbocycles. The average molecular weight is 231 g/mol. The maximum Gasteiger partial charge on any atom is 0.305 e. The van der Waals surface area contributed by atoms with Crippen molar-refractivity contribution in [2.24, 2.45) is 0 Å². The van der Waals surface area contributed by atoms with E-state index in [0.29, 0.717) is 0 Å². The predicted octanol–water partition coefficient (Wildman–Crippen LogP) is 2.67. The van der Waals surface area contributed by atoms with Gasteiger partial charge >= 0.3 is 4.59 Å². The molecule has 2 atom stereocenters. The van der Waals surface area contributed by atoms with Crippen molar-refractivity contribution in [2.45, 2.75) is 22.5 Å². The molecule has 0 heterocycles. The number of aliphatic hydroxyl groups is 1. The number of alkyl halides is 6. The largest absolute Gasteiger partial charge is 0.364 e. The van der Waals surface area contributed by atoms with Crippen molar-refractivity contribution >= 4 is 34.8 Å². The van der Waals surface area contributed by atoms with Crippen LogP contribution in [0.25, 0.3) is 0 Å². The fourth-order valence-corrected chi connectivity index (χ4v) is 0.609. The van der Waals surface area contributed by atoms with Crippen LogP contribution in [0.3, 0.4) is 0 Å². The molecule has 0 rings (SSSR count). The normalized spacial score (nSPS) is 21.0. The van der Waals surface area contributed by atoms with Gasteiger partial charge in [0, 0.05) is 0 Å². The second-order valence-corrected chi connectivity index (χ2v) is 3.68. The second kappa shape index (κ2) is 3.56. The maximum absolute atomic E-state index is 12.6. The quantitative estimate of drug-likeness (QED) is 0.741. The van der Waals surface area contributed by atoms with E-state index < -0.39 is 22.5 Å². The van der Waals surface area contributed by atoms with Crippen molar-refractivity contribution in [3.63, 3.8) is 0 Å². The van der Waals surface area contributed by atoms with Crippen LogP contribution in [0.5, 0.6) is 0 Å². The molecule has 0 bridgehead atoms. The first-order valence-corrected chi connectivity index (χ1v) is 3.57. The van der Waals surface area contributed by atoms with E-state index in [4.69, 9.17) is 16.7 Å². The predicted molar refractivity (Wildman–Crippen MR) is 37.0 cm³/mol. The Morgan fingerprint density at radius 2 is 1.64 bits per heavy atom. The minimum atomic E-state index is -3.43. The average Bonchev–Trinajstić information content (AvgIpc) is 1.56. The highest BCUT2D eigenvalue weighted by atomic mass is 35.5. The number of aliphatic hydroxyl groups excluding tert-OH is 1. The molecule has 0 fully saturated rings. The molecule has 0 aliphatic heterocycles. The molecular formula is C4H4Cl3F3O. The van der Waals surface area contributed by atoms with Crippen LogP contribution in [0.2, 0.25) is 0 Å². The third-order valence-corrected chi connectivity index (χ3v) is 2.05. The highest BCUT2D eigenvalue weighted by molar-refractivity contribution is 6.51. The summed E-state index contributed by atoms with van der Waals surface area (Å²) in [6, 6.07) is 0. The Bertz CT molecular complexity index is 133. The molecule has 11 heavy (non-hydrogen) atoms. The van der Waals surface area contributed by atoms with E-state index in [-0.39, 0.29) is 0 Å². The fraction of sp³-hybridized carbons (Fsp3) is 1.00. The first-order chi connectivity index (χ1) is 4.67. The van der Waals surface area contributed by atoms with Crippen LogP contribution in [-0.4, -0.2) is 21.2 Å². The molecule has 0 saturated heterocycles. The lowest BCUT2D eigenvalue weighted by molar-refractivity contribution is -0.0105. The van der Waals surface area contributed by atoms with E-state index in [2.05, 4.69) is 23.2 Å². The van der Waals surface area contributed by atoms with Crippen LogP contribution in [0.15, 0.2) is 0 Å². The minimum absolute atomic E-state index is 1.34. The van der Waals surface area contributed by atoms with Crippen molar-refractivity contribution in [3.05, 3.63) is 0 Å². The Labute approximate surface area is 76.0 Å². The Hall–Kier alpha value is 0.620. The summed E-state index contributed by atoms with van der Waals surface area (Å²) in [7, 11) is 0. The Kier molecular flexibility index (Phi) is 3.76. The SMILES string of the molecule is OC(F)CC(F)(Cl)C(F)(Cl)Cl. The third kappa shape index (κ3) is 3.69. The summed E-state index contributed by atoms with van der Waals surface area (Å²) < 4.78 is 33.1. The summed E-state index contributed by atoms with van der Waals surface area (Å²) in [6.07, 6.45) is -3.94. The van der Waals surface area contributed by atoms with Crippen molar-refractivity contribution < 1.29 is 18.3 Å². The van der Waals surface area contributed by atoms with Crippen LogP contribution >= 0.6 is 34.8 Å². The van der Waals surface area contributed by atoms with Crippen molar-refractivity contribution in [1.82, 2.24) is 0 Å². The lowest BCUT2D eigenvalue weighted by Crippen LogP contribution is -2.35. The molecule has 1 N–H and O–H groups in total. The van der Waals surface area contributed by atoms with Crippen LogP contribution in [-0.2, 0) is 0 Å². The Morgan fingerprint density at radius 3 is 1.73 bits per heavy atom. The van der Waals surface area contributed by atoms with Gasteiger partial charge in [-0.25, -0.2) is 13.2 Å². The summed E-state index contributed by atoms with van der Waals surface area (Å²) in [4.78, 5) is 0. The molecule has 0 spiro atoms. The monoisotopic (exact) mass is 230 g/mol. The van der Waals surface area contributed by atoms with Gasteiger partial charge in [-0.15, -0.1) is 0 Å². The molecule has 0 aliphatic carbocycles. The second-order valence-electron chi connectivity index (χ2n) is 1.84. The summed E-state index contributed by atoms with van der Waals surface area (Å²) in [5.74, 6) is 0. The van der Waals surface area contributed by atoms with Gasteiger partial charge in [-0.2, -0.15) is 0 Å². The lowest BCUT2D eigenvalue weighted by atomic mass is 10.3. The molecule has 68 valence electrons. The first kappa shape index (κ1) is 11.6. The zero-order valence-corrected chi connectivity index (χ0v) is 7.27. The van der Waals surface area contributed by atoms with Gasteiger partial charge in [0.05, 0.1) is 6.42 Å². The van der Waals surface area contributed by atoms with Crippen molar-refractivity contribution in [3.8, 4) is 0 Å². The molecule has 7 heteroatoms. The van der Waals surface area contributed by atoms with Gasteiger partial charge in [-0.1, -0.05) is 34.8 Å². The summed E-state index contributed by atoms with van der Waals surface area (Å²) in [6.45, 7) is 0. The number of rotatable bonds is 3. The van der Waals surface area contributed by atoms with Crippen LogP contribution < -0.4 is 0 Å². The summed E-state index contributed by atoms with van der Waals surface area (Å²) in [5, 5.41) is 4.65. The van der Waals surface area contributed by atoms with Gasteiger partial charge < -0.3 is 5.11 Å². The molecule has 2 unspecified atom stereocenters. The fourth-order valence-electron chi connectivity index (χ4n) is 0.327. The van der Waals surface area contributed by atoms with E-state index in [1.54, 1.807) is 0 Å². The van der Waals surface area contributed by atoms with Crippen molar-refractivity contribution in [1.29, 1.82) is 0 Å². The molecule has 0 aliphatic rings. The topological polar surface area (TPSA) is 20.2 Å². The Morgan fingerprint density at radius 1 is 1.27 bits per heavy atom. The standard InChI is InChI=1S/C4H4Cl3F3O/c5-3(9,1-2(8)11)4(6,7)10/h2,11H,1H2. The zero-order valence-electron chi connectivity index (χ0n) is 5.00. The minimum Gasteiger partial charge on any atom is -0.364 e. The van der Waals surface area contributed by atoms with Crippen LogP contribution in [0.1, 0.15) is 6.42 Å². The summed E-state index contributed by atoms with van der Waals surface area (Å²) >= 11 is 13.9. The van der Waals surface area contributed by atoms with Gasteiger partial charge in [0.15, 0.2) is 0 Å². The van der Waals surface area contributed by atoms with Crippen LogP contribution in [0.4, 0.5) is 13.2 Å². The molecule has 0 aromatic heterocycles. The third-order valence-electron chi connectivity index (χ3n) is 0.840. The zero-order chi connectivity index (χ0) is 9.28. The van der Waals surface area contributed by atoms with Gasteiger partial charge in [0.1, 0.15) is 0 Å². The van der Waals surface area contributed by atoms with E-state index in [1.165, 1.54) is 0 Å². The Balaban J connectivity index is 4.22. The smallest absolute Gasteiger partial charge is 0.305 e. The molecule has 0 aromatic carbocycles.